The highest BCUT2D eigenvalue weighted by molar-refractivity contribution is 7.15. The molecule has 0 unspecified atom stereocenters. The molecule has 0 spiro atoms. The molecular weight excluding hydrogens is 332 g/mol. The van der Waals surface area contributed by atoms with E-state index in [0.29, 0.717) is 23.3 Å². The first-order valence-corrected chi connectivity index (χ1v) is 8.90. The molecule has 122 valence electrons. The number of halogens is 1. The van der Waals surface area contributed by atoms with Crippen LogP contribution < -0.4 is 0 Å². The first-order chi connectivity index (χ1) is 11.1. The van der Waals surface area contributed by atoms with Crippen LogP contribution in [0.15, 0.2) is 30.3 Å². The van der Waals surface area contributed by atoms with E-state index >= 15 is 0 Å². The highest BCUT2D eigenvalue weighted by Gasteiger charge is 2.26. The van der Waals surface area contributed by atoms with Crippen molar-refractivity contribution >= 4 is 28.8 Å². The van der Waals surface area contributed by atoms with Gasteiger partial charge in [-0.25, -0.2) is 4.98 Å². The molecule has 6 heteroatoms. The maximum Gasteiger partial charge on any atom is 0.274 e. The zero-order chi connectivity index (χ0) is 16.2. The Morgan fingerprint density at radius 1 is 1.43 bits per heavy atom. The molecule has 23 heavy (non-hydrogen) atoms. The predicted octanol–water partition coefficient (Wildman–Crippen LogP) is 3.93. The highest BCUT2D eigenvalue weighted by atomic mass is 35.5. The third kappa shape index (κ3) is 4.10. The summed E-state index contributed by atoms with van der Waals surface area (Å²) in [4.78, 5) is 19.8. The Morgan fingerprint density at radius 3 is 2.83 bits per heavy atom. The Bertz CT molecular complexity index is 668. The van der Waals surface area contributed by atoms with Crippen LogP contribution >= 0.6 is 22.9 Å². The van der Waals surface area contributed by atoms with Gasteiger partial charge < -0.3 is 9.64 Å². The minimum Gasteiger partial charge on any atom is -0.376 e. The first kappa shape index (κ1) is 16.4. The maximum absolute atomic E-state index is 12.9. The molecule has 1 atom stereocenters. The Balaban J connectivity index is 1.81. The number of benzene rings is 1. The lowest BCUT2D eigenvalue weighted by Crippen LogP contribution is -2.37. The van der Waals surface area contributed by atoms with Crippen molar-refractivity contribution in [3.8, 4) is 0 Å². The van der Waals surface area contributed by atoms with Gasteiger partial charge in [0.15, 0.2) is 4.47 Å². The van der Waals surface area contributed by atoms with Crippen LogP contribution in [0, 0.1) is 6.92 Å². The number of aromatic nitrogens is 1. The molecule has 1 aliphatic heterocycles. The molecule has 0 aliphatic carbocycles. The average molecular weight is 351 g/mol. The fourth-order valence-corrected chi connectivity index (χ4v) is 3.82. The van der Waals surface area contributed by atoms with E-state index in [1.165, 1.54) is 11.3 Å². The Labute approximate surface area is 145 Å². The summed E-state index contributed by atoms with van der Waals surface area (Å²) < 4.78 is 6.11. The van der Waals surface area contributed by atoms with Crippen molar-refractivity contribution in [3.63, 3.8) is 0 Å². The van der Waals surface area contributed by atoms with Crippen LogP contribution in [0.4, 0.5) is 0 Å². The number of rotatable bonds is 5. The lowest BCUT2D eigenvalue weighted by Gasteiger charge is -2.25. The van der Waals surface area contributed by atoms with Gasteiger partial charge in [0, 0.05) is 24.6 Å². The van der Waals surface area contributed by atoms with Crippen LogP contribution in [0.3, 0.4) is 0 Å². The Hall–Kier alpha value is -1.43. The minimum atomic E-state index is -0.0787. The number of thiazole rings is 1. The molecule has 2 heterocycles. The van der Waals surface area contributed by atoms with E-state index < -0.39 is 0 Å². The SMILES string of the molecule is Cc1sc(Cl)nc1C(=O)N(Cc1ccccc1)C[C@H]1CCCO1. The van der Waals surface area contributed by atoms with E-state index in [1.54, 1.807) is 0 Å². The van der Waals surface area contributed by atoms with Crippen molar-refractivity contribution in [2.24, 2.45) is 0 Å². The normalized spacial score (nSPS) is 17.4. The van der Waals surface area contributed by atoms with Crippen LogP contribution in [0.25, 0.3) is 0 Å². The topological polar surface area (TPSA) is 42.4 Å². The van der Waals surface area contributed by atoms with E-state index in [-0.39, 0.29) is 12.0 Å². The molecule has 1 amide bonds. The van der Waals surface area contributed by atoms with Gasteiger partial charge in [0.05, 0.1) is 6.10 Å². The Morgan fingerprint density at radius 2 is 2.22 bits per heavy atom. The number of aryl methyl sites for hydroxylation is 1. The second-order valence-corrected chi connectivity index (χ2v) is 7.46. The van der Waals surface area contributed by atoms with Crippen LogP contribution in [-0.4, -0.2) is 35.0 Å². The molecule has 0 N–H and O–H groups in total. The first-order valence-electron chi connectivity index (χ1n) is 7.71. The van der Waals surface area contributed by atoms with Gasteiger partial charge in [-0.15, -0.1) is 11.3 Å². The molecule has 0 bridgehead atoms. The van der Waals surface area contributed by atoms with Crippen LogP contribution in [0.5, 0.6) is 0 Å². The van der Waals surface area contributed by atoms with Gasteiger partial charge in [-0.3, -0.25) is 4.79 Å². The summed E-state index contributed by atoms with van der Waals surface area (Å²) in [6.45, 7) is 3.79. The third-order valence-electron chi connectivity index (χ3n) is 3.92. The number of hydrogen-bond donors (Lipinski definition) is 0. The fraction of sp³-hybridized carbons (Fsp3) is 0.412. The molecule has 1 aliphatic rings. The van der Waals surface area contributed by atoms with Gasteiger partial charge in [0.25, 0.3) is 5.91 Å². The summed E-state index contributed by atoms with van der Waals surface area (Å²) in [7, 11) is 0. The predicted molar refractivity (Wildman–Crippen MR) is 92.0 cm³/mol. The zero-order valence-corrected chi connectivity index (χ0v) is 14.6. The number of ether oxygens (including phenoxy) is 1. The molecule has 1 aromatic heterocycles. The average Bonchev–Trinajstić information content (AvgIpc) is 3.16. The minimum absolute atomic E-state index is 0.0787. The number of carbonyl (C=O) groups excluding carboxylic acids is 1. The van der Waals surface area contributed by atoms with E-state index in [0.717, 1.165) is 29.9 Å². The second kappa shape index (κ2) is 7.43. The van der Waals surface area contributed by atoms with Crippen molar-refractivity contribution in [2.45, 2.75) is 32.4 Å². The second-order valence-electron chi connectivity index (χ2n) is 5.68. The third-order valence-corrected chi connectivity index (χ3v) is 5.00. The number of hydrogen-bond acceptors (Lipinski definition) is 4. The molecule has 1 fully saturated rings. The molecule has 3 rings (SSSR count). The summed E-state index contributed by atoms with van der Waals surface area (Å²) in [6.07, 6.45) is 2.16. The summed E-state index contributed by atoms with van der Waals surface area (Å²) in [5.74, 6) is -0.0787. The molecule has 0 radical (unpaired) electrons. The van der Waals surface area contributed by atoms with Crippen LogP contribution in [-0.2, 0) is 11.3 Å². The van der Waals surface area contributed by atoms with E-state index in [9.17, 15) is 4.79 Å². The largest absolute Gasteiger partial charge is 0.376 e. The monoisotopic (exact) mass is 350 g/mol. The van der Waals surface area contributed by atoms with Gasteiger partial charge in [-0.2, -0.15) is 0 Å². The van der Waals surface area contributed by atoms with Crippen molar-refractivity contribution in [2.75, 3.05) is 13.2 Å². The van der Waals surface area contributed by atoms with Gasteiger partial charge in [0.2, 0.25) is 0 Å². The number of amides is 1. The number of nitrogens with zero attached hydrogens (tertiary/aromatic N) is 2. The lowest BCUT2D eigenvalue weighted by molar-refractivity contribution is 0.0503. The van der Waals surface area contributed by atoms with Crippen molar-refractivity contribution < 1.29 is 9.53 Å². The summed E-state index contributed by atoms with van der Waals surface area (Å²) in [5, 5.41) is 0. The van der Waals surface area contributed by atoms with E-state index in [1.807, 2.05) is 42.2 Å². The standard InChI is InChI=1S/C17H19ClN2O2S/c1-12-15(19-17(18)23-12)16(21)20(11-14-8-5-9-22-14)10-13-6-3-2-4-7-13/h2-4,6-7,14H,5,8-11H2,1H3/t14-/m1/s1. The summed E-state index contributed by atoms with van der Waals surface area (Å²) in [6, 6.07) is 9.98. The van der Waals surface area contributed by atoms with Crippen molar-refractivity contribution in [1.82, 2.24) is 9.88 Å². The van der Waals surface area contributed by atoms with Crippen molar-refractivity contribution in [3.05, 3.63) is 50.9 Å². The summed E-state index contributed by atoms with van der Waals surface area (Å²) >= 11 is 7.30. The lowest BCUT2D eigenvalue weighted by atomic mass is 10.1. The molecule has 4 nitrogen and oxygen atoms in total. The van der Waals surface area contributed by atoms with Gasteiger partial charge in [-0.1, -0.05) is 41.9 Å². The van der Waals surface area contributed by atoms with Gasteiger partial charge in [-0.05, 0) is 25.3 Å². The molecule has 2 aromatic rings. The molecule has 1 saturated heterocycles. The van der Waals surface area contributed by atoms with Crippen LogP contribution in [0.2, 0.25) is 4.47 Å². The highest BCUT2D eigenvalue weighted by Crippen LogP contribution is 2.24. The van der Waals surface area contributed by atoms with Gasteiger partial charge in [0.1, 0.15) is 5.69 Å². The number of carbonyl (C=O) groups is 1. The Kier molecular flexibility index (Phi) is 5.30. The molecular formula is C17H19ClN2O2S. The summed E-state index contributed by atoms with van der Waals surface area (Å²) in [5.41, 5.74) is 1.55. The smallest absolute Gasteiger partial charge is 0.274 e. The zero-order valence-electron chi connectivity index (χ0n) is 13.0. The van der Waals surface area contributed by atoms with Crippen molar-refractivity contribution in [1.29, 1.82) is 0 Å². The fourth-order valence-electron chi connectivity index (χ4n) is 2.77. The quantitative estimate of drug-likeness (QED) is 0.820. The maximum atomic E-state index is 12.9. The molecule has 1 aromatic carbocycles. The van der Waals surface area contributed by atoms with Crippen LogP contribution in [0.1, 0.15) is 33.8 Å². The molecule has 0 saturated carbocycles. The van der Waals surface area contributed by atoms with Gasteiger partial charge >= 0.3 is 0 Å². The van der Waals surface area contributed by atoms with E-state index in [2.05, 4.69) is 4.98 Å². The van der Waals surface area contributed by atoms with E-state index in [4.69, 9.17) is 16.3 Å².